The van der Waals surface area contributed by atoms with Crippen molar-refractivity contribution in [3.05, 3.63) is 94.5 Å². The highest BCUT2D eigenvalue weighted by Gasteiger charge is 2.44. The second-order valence-corrected chi connectivity index (χ2v) is 9.93. The number of rotatable bonds is 7. The Morgan fingerprint density at radius 1 is 1.03 bits per heavy atom. The Morgan fingerprint density at radius 2 is 1.78 bits per heavy atom. The van der Waals surface area contributed by atoms with E-state index >= 15 is 0 Å². The Kier molecular flexibility index (Phi) is 7.18. The number of nitrogens with one attached hydrogen (secondary N) is 2. The lowest BCUT2D eigenvalue weighted by molar-refractivity contribution is -0.123. The van der Waals surface area contributed by atoms with Crippen molar-refractivity contribution < 1.29 is 14.3 Å². The van der Waals surface area contributed by atoms with E-state index in [9.17, 15) is 9.59 Å². The van der Waals surface area contributed by atoms with Crippen LogP contribution in [0.5, 0.6) is 0 Å². The largest absolute Gasteiger partial charge is 0.397 e. The number of anilines is 3. The maximum Gasteiger partial charge on any atom is 0.248 e. The fourth-order valence-corrected chi connectivity index (χ4v) is 4.99. The zero-order valence-electron chi connectivity index (χ0n) is 19.6. The molecule has 0 saturated carbocycles. The minimum atomic E-state index is -0.435. The number of amides is 2. The van der Waals surface area contributed by atoms with Crippen LogP contribution in [0.25, 0.3) is 6.08 Å². The van der Waals surface area contributed by atoms with Crippen molar-refractivity contribution in [1.82, 2.24) is 4.90 Å². The maximum absolute atomic E-state index is 13.5. The molecule has 2 amide bonds. The van der Waals surface area contributed by atoms with Crippen molar-refractivity contribution >= 4 is 50.9 Å². The van der Waals surface area contributed by atoms with E-state index in [0.29, 0.717) is 18.0 Å². The minimum Gasteiger partial charge on any atom is -0.397 e. The molecule has 2 heterocycles. The molecule has 2 aliphatic heterocycles. The van der Waals surface area contributed by atoms with Gasteiger partial charge >= 0.3 is 0 Å². The summed E-state index contributed by atoms with van der Waals surface area (Å²) in [6.07, 6.45) is 4.33. The highest BCUT2D eigenvalue weighted by molar-refractivity contribution is 9.10. The summed E-state index contributed by atoms with van der Waals surface area (Å²) in [6.45, 7) is 1.38. The van der Waals surface area contributed by atoms with Crippen molar-refractivity contribution in [2.24, 2.45) is 0 Å². The third-order valence-electron chi connectivity index (χ3n) is 6.53. The van der Waals surface area contributed by atoms with Gasteiger partial charge in [0.15, 0.2) is 0 Å². The molecule has 4 N–H and O–H groups in total. The third kappa shape index (κ3) is 5.51. The van der Waals surface area contributed by atoms with E-state index in [1.54, 1.807) is 18.2 Å². The van der Waals surface area contributed by atoms with E-state index in [1.165, 1.54) is 6.08 Å². The van der Waals surface area contributed by atoms with Crippen LogP contribution in [0.3, 0.4) is 0 Å². The number of halogens is 1. The number of likely N-dealkylation sites (tertiary alicyclic amines) is 1. The number of nitrogens with zero attached hydrogens (tertiary/aromatic N) is 1. The first kappa shape index (κ1) is 24.2. The van der Waals surface area contributed by atoms with Gasteiger partial charge in [0.1, 0.15) is 6.04 Å². The summed E-state index contributed by atoms with van der Waals surface area (Å²) in [4.78, 5) is 28.0. The standard InChI is InChI=1S/C28H27BrN4O3/c29-20-10-12-21(13-11-20)31-28(35)27(33-16-23-15-22(33)17-36-23)19-8-5-18(6-9-19)7-14-26(34)32-25-4-2-1-3-24(25)30/h1-14,22-23,27H,15-17,30H2,(H,31,35)(H,32,34)/b14-7+/t22-,23-,27?/m0/s1. The number of nitrogen functional groups attached to an aromatic ring is 1. The van der Waals surface area contributed by atoms with Gasteiger partial charge in [0, 0.05) is 28.8 Å². The van der Waals surface area contributed by atoms with Crippen molar-refractivity contribution in [2.75, 3.05) is 29.5 Å². The molecule has 0 radical (unpaired) electrons. The lowest BCUT2D eigenvalue weighted by atomic mass is 10.0. The van der Waals surface area contributed by atoms with Crippen molar-refractivity contribution in [2.45, 2.75) is 24.6 Å². The molecular weight excluding hydrogens is 520 g/mol. The lowest BCUT2D eigenvalue weighted by Gasteiger charge is -2.34. The smallest absolute Gasteiger partial charge is 0.248 e. The molecule has 36 heavy (non-hydrogen) atoms. The maximum atomic E-state index is 13.5. The number of carbonyl (C=O) groups excluding carboxylic acids is 2. The van der Waals surface area contributed by atoms with E-state index in [1.807, 2.05) is 60.7 Å². The molecule has 3 aromatic rings. The summed E-state index contributed by atoms with van der Waals surface area (Å²) in [5.41, 5.74) is 9.48. The molecule has 2 bridgehead atoms. The number of fused-ring (bicyclic) bond motifs is 2. The summed E-state index contributed by atoms with van der Waals surface area (Å²) in [7, 11) is 0. The van der Waals surface area contributed by atoms with E-state index in [4.69, 9.17) is 10.5 Å². The predicted octanol–water partition coefficient (Wildman–Crippen LogP) is 4.84. The van der Waals surface area contributed by atoms with Gasteiger partial charge < -0.3 is 21.1 Å². The topological polar surface area (TPSA) is 96.7 Å². The fourth-order valence-electron chi connectivity index (χ4n) is 4.73. The Hall–Kier alpha value is -3.46. The molecule has 2 aliphatic rings. The quantitative estimate of drug-likeness (QED) is 0.291. The number of morpholine rings is 1. The van der Waals surface area contributed by atoms with Crippen LogP contribution < -0.4 is 16.4 Å². The summed E-state index contributed by atoms with van der Waals surface area (Å²) in [6, 6.07) is 22.2. The van der Waals surface area contributed by atoms with Gasteiger partial charge in [0.25, 0.3) is 0 Å². The zero-order valence-corrected chi connectivity index (χ0v) is 21.1. The number of benzene rings is 3. The number of para-hydroxylation sites is 2. The summed E-state index contributed by atoms with van der Waals surface area (Å²) in [5, 5.41) is 5.85. The Labute approximate surface area is 218 Å². The average molecular weight is 547 g/mol. The van der Waals surface area contributed by atoms with Gasteiger partial charge in [-0.25, -0.2) is 0 Å². The monoisotopic (exact) mass is 546 g/mol. The molecule has 184 valence electrons. The van der Waals surface area contributed by atoms with Crippen molar-refractivity contribution in [3.8, 4) is 0 Å². The van der Waals surface area contributed by atoms with Gasteiger partial charge in [0.05, 0.1) is 24.1 Å². The minimum absolute atomic E-state index is 0.0759. The Morgan fingerprint density at radius 3 is 2.44 bits per heavy atom. The molecule has 7 nitrogen and oxygen atoms in total. The number of ether oxygens (including phenoxy) is 1. The van der Waals surface area contributed by atoms with E-state index in [-0.39, 0.29) is 24.0 Å². The first-order valence-electron chi connectivity index (χ1n) is 11.8. The molecule has 0 aliphatic carbocycles. The Balaban J connectivity index is 1.31. The van der Waals surface area contributed by atoms with Crippen LogP contribution in [-0.4, -0.2) is 42.0 Å². The summed E-state index contributed by atoms with van der Waals surface area (Å²) >= 11 is 3.43. The lowest BCUT2D eigenvalue weighted by Crippen LogP contribution is -2.44. The molecule has 3 aromatic carbocycles. The Bertz CT molecular complexity index is 1280. The first-order chi connectivity index (χ1) is 17.5. The molecule has 0 spiro atoms. The summed E-state index contributed by atoms with van der Waals surface area (Å²) in [5.74, 6) is -0.343. The molecule has 8 heteroatoms. The van der Waals surface area contributed by atoms with Gasteiger partial charge in [-0.2, -0.15) is 0 Å². The highest BCUT2D eigenvalue weighted by Crippen LogP contribution is 2.36. The van der Waals surface area contributed by atoms with E-state index in [2.05, 4.69) is 31.5 Å². The molecule has 1 unspecified atom stereocenters. The predicted molar refractivity (Wildman–Crippen MR) is 145 cm³/mol. The number of hydrogen-bond acceptors (Lipinski definition) is 5. The second-order valence-electron chi connectivity index (χ2n) is 9.02. The van der Waals surface area contributed by atoms with Gasteiger partial charge in [-0.15, -0.1) is 0 Å². The molecule has 3 atom stereocenters. The highest BCUT2D eigenvalue weighted by atomic mass is 79.9. The average Bonchev–Trinajstić information content (AvgIpc) is 3.50. The first-order valence-corrected chi connectivity index (χ1v) is 12.6. The normalized spacial score (nSPS) is 19.9. The van der Waals surface area contributed by atoms with Crippen LogP contribution in [-0.2, 0) is 14.3 Å². The van der Waals surface area contributed by atoms with Gasteiger partial charge in [0.2, 0.25) is 11.8 Å². The number of carbonyl (C=O) groups is 2. The van der Waals surface area contributed by atoms with Crippen LogP contribution >= 0.6 is 15.9 Å². The van der Waals surface area contributed by atoms with Crippen molar-refractivity contribution in [1.29, 1.82) is 0 Å². The van der Waals surface area contributed by atoms with E-state index in [0.717, 1.165) is 34.3 Å². The molecule has 5 rings (SSSR count). The van der Waals surface area contributed by atoms with Gasteiger partial charge in [-0.1, -0.05) is 52.3 Å². The van der Waals surface area contributed by atoms with Crippen LogP contribution in [0.15, 0.2) is 83.3 Å². The number of nitrogens with two attached hydrogens (primary N) is 1. The molecule has 0 aromatic heterocycles. The fraction of sp³-hybridized carbons (Fsp3) is 0.214. The van der Waals surface area contributed by atoms with Gasteiger partial charge in [-0.3, -0.25) is 14.5 Å². The molecular formula is C28H27BrN4O3. The molecule has 2 fully saturated rings. The zero-order chi connectivity index (χ0) is 25.1. The summed E-state index contributed by atoms with van der Waals surface area (Å²) < 4.78 is 6.72. The second kappa shape index (κ2) is 10.7. The SMILES string of the molecule is Nc1ccccc1NC(=O)/C=C/c1ccc(C(C(=O)Nc2ccc(Br)cc2)N2C[C@@H]3C[C@H]2CO3)cc1. The molecule has 2 saturated heterocycles. The van der Waals surface area contributed by atoms with E-state index < -0.39 is 6.04 Å². The van der Waals surface area contributed by atoms with Crippen LogP contribution in [0, 0.1) is 0 Å². The van der Waals surface area contributed by atoms with Crippen LogP contribution in [0.1, 0.15) is 23.6 Å². The third-order valence-corrected chi connectivity index (χ3v) is 7.06. The van der Waals surface area contributed by atoms with Gasteiger partial charge in [-0.05, 0) is 60.0 Å². The van der Waals surface area contributed by atoms with Crippen LogP contribution in [0.4, 0.5) is 17.1 Å². The van der Waals surface area contributed by atoms with Crippen molar-refractivity contribution in [3.63, 3.8) is 0 Å². The number of hydrogen-bond donors (Lipinski definition) is 3. The van der Waals surface area contributed by atoms with Crippen LogP contribution in [0.2, 0.25) is 0 Å².